The Morgan fingerprint density at radius 3 is 2.50 bits per heavy atom. The first-order chi connectivity index (χ1) is 18.5. The number of rotatable bonds is 7. The summed E-state index contributed by atoms with van der Waals surface area (Å²) < 4.78 is 19.9. The normalized spacial score (nSPS) is 16.2. The first-order valence-electron chi connectivity index (χ1n) is 13.3. The van der Waals surface area contributed by atoms with E-state index in [0.29, 0.717) is 34.4 Å². The number of benzene rings is 1. The van der Waals surface area contributed by atoms with Gasteiger partial charge in [0.05, 0.1) is 35.0 Å². The van der Waals surface area contributed by atoms with E-state index in [1.54, 1.807) is 31.5 Å². The molecule has 0 atom stereocenters. The fourth-order valence-corrected chi connectivity index (χ4v) is 5.11. The Bertz CT molecular complexity index is 1260. The highest BCUT2D eigenvalue weighted by molar-refractivity contribution is 6.05. The zero-order valence-electron chi connectivity index (χ0n) is 22.0. The summed E-state index contributed by atoms with van der Waals surface area (Å²) in [6.07, 6.45) is 8.72. The molecule has 2 aromatic heterocycles. The van der Waals surface area contributed by atoms with Crippen LogP contribution in [0.1, 0.15) is 48.2 Å². The Labute approximate surface area is 223 Å². The third kappa shape index (κ3) is 6.22. The zero-order chi connectivity index (χ0) is 26.5. The van der Waals surface area contributed by atoms with E-state index in [2.05, 4.69) is 30.4 Å². The Hall–Kier alpha value is -3.72. The predicted molar refractivity (Wildman–Crippen MR) is 149 cm³/mol. The summed E-state index contributed by atoms with van der Waals surface area (Å²) in [5, 5.41) is 6.15. The quantitative estimate of drug-likeness (QED) is 0.426. The van der Waals surface area contributed by atoms with Crippen LogP contribution in [-0.4, -0.2) is 55.3 Å². The summed E-state index contributed by atoms with van der Waals surface area (Å²) in [6.45, 7) is 5.19. The minimum atomic E-state index is -0.299. The number of nitrogens with zero attached hydrogens (tertiary/aromatic N) is 4. The van der Waals surface area contributed by atoms with Gasteiger partial charge in [0.2, 0.25) is 0 Å². The molecule has 2 fully saturated rings. The molecule has 1 aromatic carbocycles. The highest BCUT2D eigenvalue weighted by Crippen LogP contribution is 2.28. The Kier molecular flexibility index (Phi) is 8.03. The molecule has 0 saturated carbocycles. The average Bonchev–Trinajstić information content (AvgIpc) is 2.95. The standard InChI is InChI=1S/C29H35FN6O2/c1-20-27(29(37)34-22-6-7-28(32-18-22)35(2)25-8-12-38-13-9-25)17-24(19-31-20)33-23-14-21(30)15-26(16-23)36-10-4-3-5-11-36/h6-7,14-19,25,33H,3-5,8-13H2,1-2H3,(H,34,37). The molecule has 2 aliphatic heterocycles. The third-order valence-electron chi connectivity index (χ3n) is 7.33. The number of nitrogens with one attached hydrogen (secondary N) is 2. The van der Waals surface area contributed by atoms with E-state index in [0.717, 1.165) is 63.5 Å². The van der Waals surface area contributed by atoms with Gasteiger partial charge in [-0.1, -0.05) is 0 Å². The van der Waals surface area contributed by atoms with Gasteiger partial charge in [-0.3, -0.25) is 9.78 Å². The largest absolute Gasteiger partial charge is 0.381 e. The van der Waals surface area contributed by atoms with Crippen LogP contribution in [0, 0.1) is 12.7 Å². The minimum absolute atomic E-state index is 0.278. The second-order valence-corrected chi connectivity index (χ2v) is 10.0. The van der Waals surface area contributed by atoms with Crippen molar-refractivity contribution < 1.29 is 13.9 Å². The number of aromatic nitrogens is 2. The van der Waals surface area contributed by atoms with Gasteiger partial charge < -0.3 is 25.2 Å². The van der Waals surface area contributed by atoms with Crippen molar-refractivity contribution in [3.8, 4) is 0 Å². The van der Waals surface area contributed by atoms with Crippen LogP contribution in [0.3, 0.4) is 0 Å². The molecular weight excluding hydrogens is 483 g/mol. The second kappa shape index (κ2) is 11.8. The Morgan fingerprint density at radius 2 is 1.76 bits per heavy atom. The highest BCUT2D eigenvalue weighted by atomic mass is 19.1. The van der Waals surface area contributed by atoms with Crippen LogP contribution < -0.4 is 20.4 Å². The summed E-state index contributed by atoms with van der Waals surface area (Å²) >= 11 is 0. The molecule has 3 aromatic rings. The van der Waals surface area contributed by atoms with Gasteiger partial charge in [0.25, 0.3) is 5.91 Å². The SMILES string of the molecule is Cc1ncc(Nc2cc(F)cc(N3CCCCC3)c2)cc1C(=O)Nc1ccc(N(C)C2CCOCC2)nc1. The Balaban J connectivity index is 1.26. The van der Waals surface area contributed by atoms with E-state index in [1.807, 2.05) is 25.2 Å². The molecule has 0 unspecified atom stereocenters. The smallest absolute Gasteiger partial charge is 0.257 e. The van der Waals surface area contributed by atoms with Gasteiger partial charge in [-0.2, -0.15) is 0 Å². The predicted octanol–water partition coefficient (Wildman–Crippen LogP) is 5.53. The van der Waals surface area contributed by atoms with E-state index < -0.39 is 0 Å². The topological polar surface area (TPSA) is 82.6 Å². The lowest BCUT2D eigenvalue weighted by Crippen LogP contribution is -2.37. The number of piperidine rings is 1. The average molecular weight is 519 g/mol. The molecular formula is C29H35FN6O2. The number of ether oxygens (including phenoxy) is 1. The van der Waals surface area contributed by atoms with E-state index in [1.165, 1.54) is 12.5 Å². The molecule has 5 rings (SSSR count). The first-order valence-corrected chi connectivity index (χ1v) is 13.3. The van der Waals surface area contributed by atoms with Crippen molar-refractivity contribution in [1.82, 2.24) is 9.97 Å². The fraction of sp³-hybridized carbons (Fsp3) is 0.414. The van der Waals surface area contributed by atoms with E-state index in [4.69, 9.17) is 4.74 Å². The van der Waals surface area contributed by atoms with Gasteiger partial charge in [0, 0.05) is 50.8 Å². The molecule has 200 valence electrons. The number of hydrogen-bond donors (Lipinski definition) is 2. The molecule has 1 amide bonds. The lowest BCUT2D eigenvalue weighted by atomic mass is 10.1. The number of halogens is 1. The molecule has 4 heterocycles. The van der Waals surface area contributed by atoms with Gasteiger partial charge in [-0.15, -0.1) is 0 Å². The number of hydrogen-bond acceptors (Lipinski definition) is 7. The fourth-order valence-electron chi connectivity index (χ4n) is 5.11. The second-order valence-electron chi connectivity index (χ2n) is 10.0. The lowest BCUT2D eigenvalue weighted by Gasteiger charge is -2.32. The van der Waals surface area contributed by atoms with Gasteiger partial charge in [-0.25, -0.2) is 9.37 Å². The van der Waals surface area contributed by atoms with E-state index in [9.17, 15) is 9.18 Å². The number of carbonyl (C=O) groups is 1. The van der Waals surface area contributed by atoms with Crippen LogP contribution in [0.5, 0.6) is 0 Å². The molecule has 2 saturated heterocycles. The molecule has 0 aliphatic carbocycles. The maximum atomic E-state index is 14.4. The summed E-state index contributed by atoms with van der Waals surface area (Å²) in [6, 6.07) is 10.9. The molecule has 2 aliphatic rings. The summed E-state index contributed by atoms with van der Waals surface area (Å²) in [4.78, 5) is 26.5. The van der Waals surface area contributed by atoms with Crippen LogP contribution in [0.15, 0.2) is 48.8 Å². The highest BCUT2D eigenvalue weighted by Gasteiger charge is 2.20. The maximum absolute atomic E-state index is 14.4. The van der Waals surface area contributed by atoms with Crippen molar-refractivity contribution in [2.24, 2.45) is 0 Å². The molecule has 0 radical (unpaired) electrons. The number of amides is 1. The van der Waals surface area contributed by atoms with Gasteiger partial charge in [0.15, 0.2) is 0 Å². The van der Waals surface area contributed by atoms with Crippen LogP contribution in [0.4, 0.5) is 33.0 Å². The van der Waals surface area contributed by atoms with Crippen molar-refractivity contribution in [2.45, 2.75) is 45.1 Å². The van der Waals surface area contributed by atoms with Crippen LogP contribution in [0.2, 0.25) is 0 Å². The van der Waals surface area contributed by atoms with Crippen LogP contribution in [-0.2, 0) is 4.74 Å². The minimum Gasteiger partial charge on any atom is -0.381 e. The van der Waals surface area contributed by atoms with Crippen molar-refractivity contribution in [3.05, 3.63) is 65.9 Å². The van der Waals surface area contributed by atoms with Gasteiger partial charge >= 0.3 is 0 Å². The number of aryl methyl sites for hydroxylation is 1. The first kappa shape index (κ1) is 25.9. The number of pyridine rings is 2. The molecule has 0 bridgehead atoms. The number of anilines is 5. The molecule has 38 heavy (non-hydrogen) atoms. The van der Waals surface area contributed by atoms with E-state index >= 15 is 0 Å². The van der Waals surface area contributed by atoms with Gasteiger partial charge in [-0.05, 0) is 75.4 Å². The summed E-state index contributed by atoms with van der Waals surface area (Å²) in [5.41, 5.74) is 3.74. The van der Waals surface area contributed by atoms with E-state index in [-0.39, 0.29) is 11.7 Å². The summed E-state index contributed by atoms with van der Waals surface area (Å²) in [5.74, 6) is 0.282. The number of carbonyl (C=O) groups excluding carboxylic acids is 1. The zero-order valence-corrected chi connectivity index (χ0v) is 22.0. The van der Waals surface area contributed by atoms with Crippen molar-refractivity contribution >= 4 is 34.5 Å². The monoisotopic (exact) mass is 518 g/mol. The van der Waals surface area contributed by atoms with Crippen LogP contribution in [0.25, 0.3) is 0 Å². The third-order valence-corrected chi connectivity index (χ3v) is 7.33. The van der Waals surface area contributed by atoms with Gasteiger partial charge in [0.1, 0.15) is 11.6 Å². The molecule has 8 nitrogen and oxygen atoms in total. The Morgan fingerprint density at radius 1 is 1.00 bits per heavy atom. The van der Waals surface area contributed by atoms with Crippen molar-refractivity contribution in [2.75, 3.05) is 53.8 Å². The van der Waals surface area contributed by atoms with Crippen LogP contribution >= 0.6 is 0 Å². The summed E-state index contributed by atoms with van der Waals surface area (Å²) in [7, 11) is 2.04. The molecule has 9 heteroatoms. The molecule has 2 N–H and O–H groups in total. The molecule has 0 spiro atoms. The lowest BCUT2D eigenvalue weighted by molar-refractivity contribution is 0.0853. The maximum Gasteiger partial charge on any atom is 0.257 e. The van der Waals surface area contributed by atoms with Crippen molar-refractivity contribution in [1.29, 1.82) is 0 Å². The van der Waals surface area contributed by atoms with Crippen molar-refractivity contribution in [3.63, 3.8) is 0 Å².